The summed E-state index contributed by atoms with van der Waals surface area (Å²) in [6, 6.07) is 13.4. The van der Waals surface area contributed by atoms with Crippen LogP contribution in [0.25, 0.3) is 20.8 Å². The molecule has 3 heterocycles. The number of amides is 2. The van der Waals surface area contributed by atoms with E-state index in [1.807, 2.05) is 24.3 Å². The van der Waals surface area contributed by atoms with Gasteiger partial charge in [0.05, 0.1) is 23.4 Å². The number of thiophene rings is 1. The van der Waals surface area contributed by atoms with Gasteiger partial charge in [0.15, 0.2) is 0 Å². The van der Waals surface area contributed by atoms with Crippen molar-refractivity contribution in [1.82, 2.24) is 9.88 Å². The Hall–Kier alpha value is -3.30. The molecule has 0 spiro atoms. The van der Waals surface area contributed by atoms with Crippen LogP contribution in [0.1, 0.15) is 27.7 Å². The third-order valence-corrected chi connectivity index (χ3v) is 7.61. The molecule has 1 N–H and O–H groups in total. The van der Waals surface area contributed by atoms with Crippen LogP contribution in [0.5, 0.6) is 0 Å². The number of benzene rings is 2. The maximum absolute atomic E-state index is 13.3. The smallest absolute Gasteiger partial charge is 0.410 e. The number of rotatable bonds is 4. The van der Waals surface area contributed by atoms with Gasteiger partial charge in [-0.05, 0) is 55.3 Å². The number of fused-ring (bicyclic) bond motifs is 2. The van der Waals surface area contributed by atoms with Gasteiger partial charge in [-0.25, -0.2) is 14.2 Å². The van der Waals surface area contributed by atoms with E-state index in [0.29, 0.717) is 36.7 Å². The van der Waals surface area contributed by atoms with E-state index in [9.17, 15) is 14.0 Å². The number of carbonyl (C=O) groups is 2. The Bertz CT molecular complexity index is 1310. The van der Waals surface area contributed by atoms with Gasteiger partial charge in [-0.1, -0.05) is 12.1 Å². The van der Waals surface area contributed by atoms with Gasteiger partial charge in [0.2, 0.25) is 0 Å². The highest BCUT2D eigenvalue weighted by atomic mass is 32.1. The lowest BCUT2D eigenvalue weighted by molar-refractivity contribution is 0.102. The second kappa shape index (κ2) is 8.92. The third kappa shape index (κ3) is 4.21. The predicted octanol–water partition coefficient (Wildman–Crippen LogP) is 5.93. The van der Waals surface area contributed by atoms with Crippen LogP contribution in [0.3, 0.4) is 0 Å². The number of para-hydroxylation sites is 1. The number of thiazole rings is 1. The maximum atomic E-state index is 13.3. The molecule has 0 saturated carbocycles. The number of ether oxygens (including phenoxy) is 1. The van der Waals surface area contributed by atoms with Crippen molar-refractivity contribution in [3.63, 3.8) is 0 Å². The minimum atomic E-state index is -0.396. The summed E-state index contributed by atoms with van der Waals surface area (Å²) in [6.07, 6.45) is 0.303. The number of anilines is 1. The Balaban J connectivity index is 1.55. The van der Waals surface area contributed by atoms with Crippen molar-refractivity contribution in [3.8, 4) is 10.6 Å². The number of aromatic nitrogens is 1. The van der Waals surface area contributed by atoms with Gasteiger partial charge in [-0.3, -0.25) is 4.79 Å². The minimum Gasteiger partial charge on any atom is -0.450 e. The molecule has 0 atom stereocenters. The first kappa shape index (κ1) is 21.5. The topological polar surface area (TPSA) is 71.5 Å². The number of carbonyl (C=O) groups excluding carboxylic acids is 2. The minimum absolute atomic E-state index is 0.321. The van der Waals surface area contributed by atoms with Crippen molar-refractivity contribution in [2.75, 3.05) is 18.5 Å². The Labute approximate surface area is 197 Å². The second-order valence-corrected chi connectivity index (χ2v) is 9.66. The van der Waals surface area contributed by atoms with Crippen molar-refractivity contribution in [2.24, 2.45) is 0 Å². The zero-order valence-corrected chi connectivity index (χ0v) is 19.4. The first-order valence-electron chi connectivity index (χ1n) is 10.5. The first-order chi connectivity index (χ1) is 16.0. The monoisotopic (exact) mass is 481 g/mol. The van der Waals surface area contributed by atoms with E-state index in [-0.39, 0.29) is 12.0 Å². The number of hydrogen-bond donors (Lipinski definition) is 1. The summed E-state index contributed by atoms with van der Waals surface area (Å²) in [6.45, 7) is 3.06. The molecular formula is C24H20FN3O3S2. The summed E-state index contributed by atoms with van der Waals surface area (Å²) in [5, 5.41) is 4.51. The van der Waals surface area contributed by atoms with Crippen molar-refractivity contribution in [1.29, 1.82) is 0 Å². The van der Waals surface area contributed by atoms with Gasteiger partial charge in [0.25, 0.3) is 5.91 Å². The zero-order valence-electron chi connectivity index (χ0n) is 17.8. The fourth-order valence-electron chi connectivity index (χ4n) is 3.84. The number of halogens is 1. The summed E-state index contributed by atoms with van der Waals surface area (Å²) in [7, 11) is 0. The van der Waals surface area contributed by atoms with Gasteiger partial charge in [0.1, 0.15) is 15.8 Å². The Morgan fingerprint density at radius 1 is 1.15 bits per heavy atom. The Morgan fingerprint density at radius 3 is 2.70 bits per heavy atom. The fraction of sp³-hybridized carbons (Fsp3) is 0.208. The summed E-state index contributed by atoms with van der Waals surface area (Å²) in [4.78, 5) is 32.7. The van der Waals surface area contributed by atoms with Gasteiger partial charge >= 0.3 is 6.09 Å². The van der Waals surface area contributed by atoms with E-state index in [1.165, 1.54) is 35.6 Å². The first-order valence-corrected chi connectivity index (χ1v) is 12.2. The van der Waals surface area contributed by atoms with Crippen molar-refractivity contribution >= 4 is 49.9 Å². The van der Waals surface area contributed by atoms with E-state index in [2.05, 4.69) is 5.32 Å². The van der Waals surface area contributed by atoms with Crippen LogP contribution in [0.4, 0.5) is 14.2 Å². The molecule has 33 heavy (non-hydrogen) atoms. The summed E-state index contributed by atoms with van der Waals surface area (Å²) in [5.41, 5.74) is 3.26. The van der Waals surface area contributed by atoms with Gasteiger partial charge in [-0.15, -0.1) is 22.7 Å². The Kier molecular flexibility index (Phi) is 5.82. The Morgan fingerprint density at radius 2 is 1.94 bits per heavy atom. The largest absolute Gasteiger partial charge is 0.450 e. The van der Waals surface area contributed by atoms with Crippen LogP contribution >= 0.6 is 22.7 Å². The quantitative estimate of drug-likeness (QED) is 0.392. The lowest BCUT2D eigenvalue weighted by Crippen LogP contribution is -2.35. The van der Waals surface area contributed by atoms with Crippen molar-refractivity contribution < 1.29 is 18.7 Å². The maximum Gasteiger partial charge on any atom is 0.410 e. The molecule has 9 heteroatoms. The number of nitrogens with one attached hydrogen (secondary N) is 1. The molecule has 1 aliphatic heterocycles. The standard InChI is InChI=1S/C24H20FN3O3S2/c1-2-31-24(30)28-12-11-16-19(13-28)33-23(27-21(29)14-7-9-15(25)10-8-14)20(16)22-26-17-5-3-4-6-18(17)32-22/h3-10H,2,11-13H2,1H3,(H,27,29). The molecule has 168 valence electrons. The summed E-state index contributed by atoms with van der Waals surface area (Å²) < 4.78 is 19.5. The van der Waals surface area contributed by atoms with Crippen LogP contribution in [0.2, 0.25) is 0 Å². The molecule has 1 aliphatic rings. The van der Waals surface area contributed by atoms with Crippen molar-refractivity contribution in [2.45, 2.75) is 19.9 Å². The predicted molar refractivity (Wildman–Crippen MR) is 128 cm³/mol. The van der Waals surface area contributed by atoms with Crippen LogP contribution in [0, 0.1) is 5.82 Å². The molecule has 2 aromatic carbocycles. The average molecular weight is 482 g/mol. The van der Waals surface area contributed by atoms with E-state index >= 15 is 0 Å². The highest BCUT2D eigenvalue weighted by molar-refractivity contribution is 7.23. The van der Waals surface area contributed by atoms with E-state index in [0.717, 1.165) is 31.2 Å². The molecule has 0 fully saturated rings. The van der Waals surface area contributed by atoms with E-state index in [4.69, 9.17) is 9.72 Å². The number of hydrogen-bond acceptors (Lipinski definition) is 6. The molecule has 0 radical (unpaired) electrons. The average Bonchev–Trinajstić information content (AvgIpc) is 3.39. The van der Waals surface area contributed by atoms with Gasteiger partial charge in [0, 0.05) is 22.5 Å². The molecule has 0 saturated heterocycles. The molecule has 4 aromatic rings. The molecule has 6 nitrogen and oxygen atoms in total. The van der Waals surface area contributed by atoms with E-state index in [1.54, 1.807) is 23.2 Å². The molecule has 5 rings (SSSR count). The molecule has 0 aliphatic carbocycles. The van der Waals surface area contributed by atoms with Crippen LogP contribution in [-0.2, 0) is 17.7 Å². The molecular weight excluding hydrogens is 461 g/mol. The third-order valence-electron chi connectivity index (χ3n) is 5.42. The lowest BCUT2D eigenvalue weighted by atomic mass is 10.0. The molecule has 0 bridgehead atoms. The molecule has 2 aromatic heterocycles. The van der Waals surface area contributed by atoms with E-state index < -0.39 is 5.82 Å². The second-order valence-electron chi connectivity index (χ2n) is 7.53. The molecule has 0 unspecified atom stereocenters. The summed E-state index contributed by atoms with van der Waals surface area (Å²) in [5.74, 6) is -0.717. The van der Waals surface area contributed by atoms with Crippen LogP contribution in [-0.4, -0.2) is 35.0 Å². The lowest BCUT2D eigenvalue weighted by Gasteiger charge is -2.26. The van der Waals surface area contributed by atoms with Gasteiger partial charge < -0.3 is 15.0 Å². The highest BCUT2D eigenvalue weighted by Crippen LogP contribution is 2.45. The van der Waals surface area contributed by atoms with Crippen LogP contribution in [0.15, 0.2) is 48.5 Å². The fourth-order valence-corrected chi connectivity index (χ4v) is 6.21. The zero-order chi connectivity index (χ0) is 22.9. The SMILES string of the molecule is CCOC(=O)N1CCc2c(sc(NC(=O)c3ccc(F)cc3)c2-c2nc3ccccc3s2)C1. The normalized spacial score (nSPS) is 13.1. The number of nitrogens with zero attached hydrogens (tertiary/aromatic N) is 2. The highest BCUT2D eigenvalue weighted by Gasteiger charge is 2.30. The van der Waals surface area contributed by atoms with Crippen LogP contribution < -0.4 is 5.32 Å². The van der Waals surface area contributed by atoms with Gasteiger partial charge in [-0.2, -0.15) is 0 Å². The molecule has 2 amide bonds. The van der Waals surface area contributed by atoms with Crippen molar-refractivity contribution in [3.05, 3.63) is 70.4 Å². The summed E-state index contributed by atoms with van der Waals surface area (Å²) >= 11 is 3.01.